The number of benzene rings is 1. The van der Waals surface area contributed by atoms with Gasteiger partial charge in [0.2, 0.25) is 0 Å². The van der Waals surface area contributed by atoms with E-state index in [9.17, 15) is 14.0 Å². The molecule has 0 aromatic heterocycles. The van der Waals surface area contributed by atoms with Crippen LogP contribution in [0.15, 0.2) is 24.3 Å². The first-order valence-corrected chi connectivity index (χ1v) is 6.08. The molecule has 0 aliphatic carbocycles. The number of halogens is 1. The van der Waals surface area contributed by atoms with Crippen LogP contribution in [0.3, 0.4) is 0 Å². The van der Waals surface area contributed by atoms with E-state index >= 15 is 0 Å². The van der Waals surface area contributed by atoms with Crippen molar-refractivity contribution in [1.82, 2.24) is 0 Å². The van der Waals surface area contributed by atoms with Gasteiger partial charge in [0.05, 0.1) is 6.04 Å². The van der Waals surface area contributed by atoms with Gasteiger partial charge >= 0.3 is 11.9 Å². The monoisotopic (exact) mass is 283 g/mol. The number of hydrogen-bond donors (Lipinski definition) is 2. The first-order chi connectivity index (χ1) is 9.11. The van der Waals surface area contributed by atoms with Gasteiger partial charge in [-0.2, -0.15) is 0 Å². The Kier molecular flexibility index (Phi) is 4.83. The van der Waals surface area contributed by atoms with Crippen molar-refractivity contribution in [3.05, 3.63) is 35.6 Å². The molecule has 3 N–H and O–H groups in total. The van der Waals surface area contributed by atoms with E-state index in [0.29, 0.717) is 0 Å². The van der Waals surface area contributed by atoms with Crippen LogP contribution in [0.2, 0.25) is 0 Å². The predicted molar refractivity (Wildman–Crippen MR) is 70.3 cm³/mol. The second-order valence-electron chi connectivity index (χ2n) is 5.43. The Morgan fingerprint density at radius 2 is 1.95 bits per heavy atom. The molecular formula is C14H18FNO4. The van der Waals surface area contributed by atoms with Crippen molar-refractivity contribution >= 4 is 11.9 Å². The normalized spacial score (nSPS) is 14.4. The number of carboxylic acids is 1. The summed E-state index contributed by atoms with van der Waals surface area (Å²) in [6.07, 6.45) is 0. The lowest BCUT2D eigenvalue weighted by atomic mass is 9.93. The van der Waals surface area contributed by atoms with E-state index in [1.807, 2.05) is 0 Å². The average molecular weight is 283 g/mol. The first-order valence-electron chi connectivity index (χ1n) is 6.08. The third-order valence-corrected chi connectivity index (χ3v) is 2.52. The molecule has 0 amide bonds. The molecule has 0 heterocycles. The van der Waals surface area contributed by atoms with E-state index in [1.54, 1.807) is 20.8 Å². The highest BCUT2D eigenvalue weighted by atomic mass is 19.1. The van der Waals surface area contributed by atoms with Gasteiger partial charge in [-0.3, -0.25) is 9.59 Å². The van der Waals surface area contributed by atoms with E-state index in [-0.39, 0.29) is 5.56 Å². The van der Waals surface area contributed by atoms with E-state index in [4.69, 9.17) is 15.6 Å². The summed E-state index contributed by atoms with van der Waals surface area (Å²) in [5.41, 5.74) is 5.18. The molecule has 110 valence electrons. The quantitative estimate of drug-likeness (QED) is 0.650. The topological polar surface area (TPSA) is 89.6 Å². The second-order valence-corrected chi connectivity index (χ2v) is 5.43. The van der Waals surface area contributed by atoms with Gasteiger partial charge in [-0.25, -0.2) is 4.39 Å². The van der Waals surface area contributed by atoms with Crippen LogP contribution in [-0.4, -0.2) is 22.6 Å². The lowest BCUT2D eigenvalue weighted by Crippen LogP contribution is -2.39. The number of nitrogens with two attached hydrogens (primary N) is 1. The molecule has 0 aliphatic rings. The van der Waals surface area contributed by atoms with E-state index in [1.165, 1.54) is 18.2 Å². The number of ether oxygens (including phenoxy) is 1. The summed E-state index contributed by atoms with van der Waals surface area (Å²) in [6.45, 7) is 4.87. The summed E-state index contributed by atoms with van der Waals surface area (Å²) in [6, 6.07) is 4.00. The van der Waals surface area contributed by atoms with Crippen LogP contribution < -0.4 is 5.73 Å². The molecule has 6 heteroatoms. The van der Waals surface area contributed by atoms with Crippen molar-refractivity contribution in [1.29, 1.82) is 0 Å². The maximum atomic E-state index is 13.1. The summed E-state index contributed by atoms with van der Waals surface area (Å²) >= 11 is 0. The lowest BCUT2D eigenvalue weighted by molar-refractivity contribution is -0.167. The van der Waals surface area contributed by atoms with Gasteiger partial charge in [0.15, 0.2) is 5.92 Å². The Hall–Kier alpha value is -1.95. The van der Waals surface area contributed by atoms with Crippen molar-refractivity contribution in [2.24, 2.45) is 11.7 Å². The molecule has 0 saturated heterocycles. The van der Waals surface area contributed by atoms with Crippen molar-refractivity contribution in [3.8, 4) is 0 Å². The maximum absolute atomic E-state index is 13.1. The molecule has 2 atom stereocenters. The molecular weight excluding hydrogens is 265 g/mol. The molecule has 1 aromatic carbocycles. The number of esters is 1. The zero-order valence-corrected chi connectivity index (χ0v) is 11.6. The molecule has 1 unspecified atom stereocenters. The van der Waals surface area contributed by atoms with Crippen LogP contribution in [-0.2, 0) is 14.3 Å². The third kappa shape index (κ3) is 4.31. The fourth-order valence-electron chi connectivity index (χ4n) is 1.67. The third-order valence-electron chi connectivity index (χ3n) is 2.52. The minimum atomic E-state index is -1.59. The summed E-state index contributed by atoms with van der Waals surface area (Å²) in [4.78, 5) is 23.2. The molecule has 0 aliphatic heterocycles. The summed E-state index contributed by atoms with van der Waals surface area (Å²) in [5.74, 6) is -4.49. The summed E-state index contributed by atoms with van der Waals surface area (Å²) in [7, 11) is 0. The van der Waals surface area contributed by atoms with Gasteiger partial charge in [0.1, 0.15) is 11.4 Å². The van der Waals surface area contributed by atoms with Gasteiger partial charge in [-0.15, -0.1) is 0 Å². The predicted octanol–water partition coefficient (Wildman–Crippen LogP) is 1.87. The number of rotatable bonds is 4. The van der Waals surface area contributed by atoms with Gasteiger partial charge in [-0.05, 0) is 38.5 Å². The SMILES string of the molecule is CC(C)(C)OC(=O)[C@H](C(=O)O)C(N)c1cccc(F)c1. The standard InChI is InChI=1S/C14H18FNO4/c1-14(2,3)20-13(19)10(12(17)18)11(16)8-5-4-6-9(15)7-8/h4-7,10-11H,16H2,1-3H3,(H,17,18)/t10-,11?/m0/s1. The minimum Gasteiger partial charge on any atom is -0.481 e. The Morgan fingerprint density at radius 3 is 2.40 bits per heavy atom. The van der Waals surface area contributed by atoms with Crippen LogP contribution in [0.25, 0.3) is 0 Å². The molecule has 1 rings (SSSR count). The van der Waals surface area contributed by atoms with Crippen LogP contribution in [0.1, 0.15) is 32.4 Å². The fraction of sp³-hybridized carbons (Fsp3) is 0.429. The van der Waals surface area contributed by atoms with Gasteiger partial charge in [-0.1, -0.05) is 12.1 Å². The molecule has 1 aromatic rings. The molecule has 20 heavy (non-hydrogen) atoms. The minimum absolute atomic E-state index is 0.225. The number of carbonyl (C=O) groups is 2. The molecule has 5 nitrogen and oxygen atoms in total. The molecule has 0 fully saturated rings. The highest BCUT2D eigenvalue weighted by molar-refractivity contribution is 5.95. The zero-order chi connectivity index (χ0) is 15.5. The van der Waals surface area contributed by atoms with Crippen molar-refractivity contribution in [2.45, 2.75) is 32.4 Å². The fourth-order valence-corrected chi connectivity index (χ4v) is 1.67. The lowest BCUT2D eigenvalue weighted by Gasteiger charge is -2.25. The summed E-state index contributed by atoms with van der Waals surface area (Å²) < 4.78 is 18.2. The van der Waals surface area contributed by atoms with Crippen LogP contribution in [0.5, 0.6) is 0 Å². The molecule has 0 radical (unpaired) electrons. The number of carbonyl (C=O) groups excluding carboxylic acids is 1. The zero-order valence-electron chi connectivity index (χ0n) is 11.6. The molecule has 0 bridgehead atoms. The Labute approximate surface area is 116 Å². The smallest absolute Gasteiger partial charge is 0.322 e. The molecule has 0 saturated carbocycles. The maximum Gasteiger partial charge on any atom is 0.322 e. The number of hydrogen-bond acceptors (Lipinski definition) is 4. The van der Waals surface area contributed by atoms with Crippen LogP contribution >= 0.6 is 0 Å². The van der Waals surface area contributed by atoms with E-state index in [2.05, 4.69) is 0 Å². The number of carboxylic acid groups (broad SMARTS) is 1. The highest BCUT2D eigenvalue weighted by Crippen LogP contribution is 2.24. The first kappa shape index (κ1) is 16.1. The van der Waals surface area contributed by atoms with Crippen LogP contribution in [0, 0.1) is 11.7 Å². The van der Waals surface area contributed by atoms with Gasteiger partial charge in [0, 0.05) is 0 Å². The average Bonchev–Trinajstić information content (AvgIpc) is 2.25. The largest absolute Gasteiger partial charge is 0.481 e. The Balaban J connectivity index is 3.02. The van der Waals surface area contributed by atoms with Crippen molar-refractivity contribution in [3.63, 3.8) is 0 Å². The van der Waals surface area contributed by atoms with Crippen molar-refractivity contribution < 1.29 is 23.8 Å². The van der Waals surface area contributed by atoms with Gasteiger partial charge < -0.3 is 15.6 Å². The van der Waals surface area contributed by atoms with Crippen LogP contribution in [0.4, 0.5) is 4.39 Å². The van der Waals surface area contributed by atoms with E-state index < -0.39 is 35.3 Å². The van der Waals surface area contributed by atoms with E-state index in [0.717, 1.165) is 6.07 Å². The number of aliphatic carboxylic acids is 1. The Bertz CT molecular complexity index is 510. The summed E-state index contributed by atoms with van der Waals surface area (Å²) in [5, 5.41) is 9.17. The molecule has 0 spiro atoms. The Morgan fingerprint density at radius 1 is 1.35 bits per heavy atom. The second kappa shape index (κ2) is 6.00. The van der Waals surface area contributed by atoms with Crippen molar-refractivity contribution in [2.75, 3.05) is 0 Å². The highest BCUT2D eigenvalue weighted by Gasteiger charge is 2.37. The van der Waals surface area contributed by atoms with Gasteiger partial charge in [0.25, 0.3) is 0 Å².